The van der Waals surface area contributed by atoms with E-state index in [0.717, 1.165) is 30.9 Å². The first-order valence-electron chi connectivity index (χ1n) is 6.17. The largest absolute Gasteiger partial charge is 0.312 e. The van der Waals surface area contributed by atoms with Gasteiger partial charge in [0.1, 0.15) is 5.82 Å². The number of benzene rings is 1. The minimum absolute atomic E-state index is 0.287. The first kappa shape index (κ1) is 12.7. The van der Waals surface area contributed by atoms with Gasteiger partial charge in [0.05, 0.1) is 5.69 Å². The van der Waals surface area contributed by atoms with Crippen LogP contribution in [0.15, 0.2) is 22.7 Å². The van der Waals surface area contributed by atoms with Gasteiger partial charge in [-0.15, -0.1) is 0 Å². The van der Waals surface area contributed by atoms with E-state index in [-0.39, 0.29) is 5.82 Å². The summed E-state index contributed by atoms with van der Waals surface area (Å²) < 4.78 is 14.2. The fourth-order valence-electron chi connectivity index (χ4n) is 2.32. The van der Waals surface area contributed by atoms with Gasteiger partial charge in [-0.25, -0.2) is 14.4 Å². The van der Waals surface area contributed by atoms with Gasteiger partial charge in [0.25, 0.3) is 0 Å². The van der Waals surface area contributed by atoms with Crippen molar-refractivity contribution in [2.45, 2.75) is 19.9 Å². The van der Waals surface area contributed by atoms with Crippen LogP contribution in [-0.4, -0.2) is 16.5 Å². The Morgan fingerprint density at radius 2 is 2.11 bits per heavy atom. The fraction of sp³-hybridized carbons (Fsp3) is 0.286. The molecule has 0 atom stereocenters. The molecule has 5 heteroatoms. The monoisotopic (exact) mass is 321 g/mol. The minimum Gasteiger partial charge on any atom is -0.312 e. The molecule has 0 aliphatic carbocycles. The number of fused-ring (bicyclic) bond motifs is 1. The van der Waals surface area contributed by atoms with Gasteiger partial charge >= 0.3 is 0 Å². The van der Waals surface area contributed by atoms with Gasteiger partial charge in [-0.2, -0.15) is 0 Å². The Hall–Kier alpha value is -1.33. The molecule has 0 fully saturated rings. The predicted molar refractivity (Wildman–Crippen MR) is 75.3 cm³/mol. The molecule has 98 valence electrons. The van der Waals surface area contributed by atoms with E-state index >= 15 is 0 Å². The molecule has 0 saturated carbocycles. The average molecular weight is 322 g/mol. The molecule has 3 nitrogen and oxygen atoms in total. The molecule has 0 saturated heterocycles. The van der Waals surface area contributed by atoms with E-state index in [4.69, 9.17) is 0 Å². The maximum atomic E-state index is 13.5. The van der Waals surface area contributed by atoms with Crippen LogP contribution >= 0.6 is 15.9 Å². The molecule has 0 amide bonds. The Balaban J connectivity index is 2.12. The highest BCUT2D eigenvalue weighted by Crippen LogP contribution is 2.24. The van der Waals surface area contributed by atoms with Crippen molar-refractivity contribution >= 4 is 15.9 Å². The Labute approximate surface area is 119 Å². The van der Waals surface area contributed by atoms with Crippen molar-refractivity contribution in [1.82, 2.24) is 15.3 Å². The lowest BCUT2D eigenvalue weighted by atomic mass is 10.1. The van der Waals surface area contributed by atoms with Crippen molar-refractivity contribution in [3.05, 3.63) is 45.4 Å². The first-order valence-corrected chi connectivity index (χ1v) is 6.96. The number of halogens is 2. The van der Waals surface area contributed by atoms with Gasteiger partial charge in [0.2, 0.25) is 0 Å². The molecular weight excluding hydrogens is 309 g/mol. The molecule has 0 radical (unpaired) electrons. The summed E-state index contributed by atoms with van der Waals surface area (Å²) in [5, 5.41) is 3.31. The molecule has 1 aromatic heterocycles. The summed E-state index contributed by atoms with van der Waals surface area (Å²) in [5.41, 5.74) is 3.91. The highest BCUT2D eigenvalue weighted by molar-refractivity contribution is 9.10. The van der Waals surface area contributed by atoms with Crippen LogP contribution in [0.1, 0.15) is 17.0 Å². The van der Waals surface area contributed by atoms with Crippen LogP contribution < -0.4 is 5.32 Å². The molecule has 1 N–H and O–H groups in total. The summed E-state index contributed by atoms with van der Waals surface area (Å²) in [4.78, 5) is 9.09. The Bertz CT molecular complexity index is 623. The van der Waals surface area contributed by atoms with Gasteiger partial charge in [0.15, 0.2) is 5.82 Å². The van der Waals surface area contributed by atoms with Crippen LogP contribution in [0.5, 0.6) is 0 Å². The van der Waals surface area contributed by atoms with Gasteiger partial charge in [0, 0.05) is 40.8 Å². The highest BCUT2D eigenvalue weighted by Gasteiger charge is 2.16. The van der Waals surface area contributed by atoms with Crippen LogP contribution in [0.3, 0.4) is 0 Å². The van der Waals surface area contributed by atoms with Crippen molar-refractivity contribution in [2.75, 3.05) is 6.54 Å². The number of rotatable bonds is 1. The van der Waals surface area contributed by atoms with E-state index in [1.165, 1.54) is 17.7 Å². The van der Waals surface area contributed by atoms with Crippen LogP contribution in [-0.2, 0) is 13.0 Å². The van der Waals surface area contributed by atoms with E-state index in [9.17, 15) is 4.39 Å². The van der Waals surface area contributed by atoms with E-state index in [0.29, 0.717) is 15.9 Å². The summed E-state index contributed by atoms with van der Waals surface area (Å²) in [6.45, 7) is 3.72. The summed E-state index contributed by atoms with van der Waals surface area (Å²) in [6, 6.07) is 4.73. The number of hydrogen-bond acceptors (Lipinski definition) is 3. The molecule has 1 aromatic carbocycles. The third kappa shape index (κ3) is 2.53. The third-order valence-corrected chi connectivity index (χ3v) is 3.72. The molecule has 1 aliphatic rings. The molecule has 0 spiro atoms. The number of nitrogens with zero attached hydrogens (tertiary/aromatic N) is 2. The Morgan fingerprint density at radius 1 is 1.26 bits per heavy atom. The number of aryl methyl sites for hydroxylation is 1. The lowest BCUT2D eigenvalue weighted by Gasteiger charge is -2.18. The zero-order valence-corrected chi connectivity index (χ0v) is 12.1. The third-order valence-electron chi connectivity index (χ3n) is 3.26. The maximum Gasteiger partial charge on any atom is 0.159 e. The number of nitrogens with one attached hydrogen (secondary N) is 1. The second-order valence-corrected chi connectivity index (χ2v) is 5.56. The van der Waals surface area contributed by atoms with Gasteiger partial charge in [-0.3, -0.25) is 0 Å². The van der Waals surface area contributed by atoms with E-state index in [1.54, 1.807) is 0 Å². The SMILES string of the molecule is Cc1nc(-c2cc(F)cc(Br)c2)nc2c1CNCC2. The molecule has 3 rings (SSSR count). The molecular formula is C14H13BrFN3. The van der Waals surface area contributed by atoms with Gasteiger partial charge < -0.3 is 5.32 Å². The summed E-state index contributed by atoms with van der Waals surface area (Å²) in [5.74, 6) is 0.309. The van der Waals surface area contributed by atoms with E-state index in [2.05, 4.69) is 31.2 Å². The fourth-order valence-corrected chi connectivity index (χ4v) is 2.79. The molecule has 19 heavy (non-hydrogen) atoms. The van der Waals surface area contributed by atoms with Gasteiger partial charge in [-0.1, -0.05) is 15.9 Å². The van der Waals surface area contributed by atoms with Crippen molar-refractivity contribution < 1.29 is 4.39 Å². The van der Waals surface area contributed by atoms with Crippen LogP contribution in [0, 0.1) is 12.7 Å². The van der Waals surface area contributed by atoms with E-state index < -0.39 is 0 Å². The number of hydrogen-bond donors (Lipinski definition) is 1. The standard InChI is InChI=1S/C14H13BrFN3/c1-8-12-7-17-3-2-13(12)19-14(18-8)9-4-10(15)6-11(16)5-9/h4-6,17H,2-3,7H2,1H3. The van der Waals surface area contributed by atoms with Crippen molar-refractivity contribution in [3.8, 4) is 11.4 Å². The van der Waals surface area contributed by atoms with Crippen molar-refractivity contribution in [3.63, 3.8) is 0 Å². The topological polar surface area (TPSA) is 37.8 Å². The maximum absolute atomic E-state index is 13.5. The predicted octanol–water partition coefficient (Wildman–Crippen LogP) is 3.00. The summed E-state index contributed by atoms with van der Waals surface area (Å²) >= 11 is 3.30. The smallest absolute Gasteiger partial charge is 0.159 e. The molecule has 0 bridgehead atoms. The number of aromatic nitrogens is 2. The van der Waals surface area contributed by atoms with E-state index in [1.807, 2.05) is 13.0 Å². The zero-order chi connectivity index (χ0) is 13.4. The van der Waals surface area contributed by atoms with Crippen LogP contribution in [0.25, 0.3) is 11.4 Å². The zero-order valence-electron chi connectivity index (χ0n) is 10.5. The second kappa shape index (κ2) is 4.98. The Morgan fingerprint density at radius 3 is 2.89 bits per heavy atom. The second-order valence-electron chi connectivity index (χ2n) is 4.64. The van der Waals surface area contributed by atoms with Crippen molar-refractivity contribution in [2.24, 2.45) is 0 Å². The van der Waals surface area contributed by atoms with Crippen LogP contribution in [0.2, 0.25) is 0 Å². The molecule has 0 unspecified atom stereocenters. The molecule has 1 aliphatic heterocycles. The molecule has 2 aromatic rings. The lowest BCUT2D eigenvalue weighted by Crippen LogP contribution is -2.26. The van der Waals surface area contributed by atoms with Crippen molar-refractivity contribution in [1.29, 1.82) is 0 Å². The summed E-state index contributed by atoms with van der Waals surface area (Å²) in [7, 11) is 0. The van der Waals surface area contributed by atoms with Gasteiger partial charge in [-0.05, 0) is 25.1 Å². The first-order chi connectivity index (χ1) is 9.13. The average Bonchev–Trinajstić information content (AvgIpc) is 2.37. The normalized spacial score (nSPS) is 14.3. The Kier molecular flexibility index (Phi) is 3.33. The quantitative estimate of drug-likeness (QED) is 0.877. The molecule has 2 heterocycles. The minimum atomic E-state index is -0.287. The summed E-state index contributed by atoms with van der Waals surface area (Å²) in [6.07, 6.45) is 0.891. The van der Waals surface area contributed by atoms with Crippen LogP contribution in [0.4, 0.5) is 4.39 Å². The lowest BCUT2D eigenvalue weighted by molar-refractivity contribution is 0.620. The highest BCUT2D eigenvalue weighted by atomic mass is 79.9.